The number of hydrogen-bond donors (Lipinski definition) is 1. The lowest BCUT2D eigenvalue weighted by Gasteiger charge is -2.34. The fourth-order valence-electron chi connectivity index (χ4n) is 4.03. The monoisotopic (exact) mass is 282 g/mol. The van der Waals surface area contributed by atoms with Gasteiger partial charge >= 0.3 is 5.97 Å². The van der Waals surface area contributed by atoms with E-state index in [1.807, 2.05) is 0 Å². The number of ether oxygens (including phenoxy) is 1. The van der Waals surface area contributed by atoms with Crippen molar-refractivity contribution < 1.29 is 9.53 Å². The van der Waals surface area contributed by atoms with Crippen LogP contribution in [-0.2, 0) is 9.53 Å². The van der Waals surface area contributed by atoms with Gasteiger partial charge in [0, 0.05) is 6.04 Å². The Morgan fingerprint density at radius 1 is 1.25 bits per heavy atom. The fourth-order valence-corrected chi connectivity index (χ4v) is 4.03. The van der Waals surface area contributed by atoms with Crippen molar-refractivity contribution in [2.75, 3.05) is 20.7 Å². The molecule has 0 aromatic rings. The van der Waals surface area contributed by atoms with Crippen LogP contribution in [0.5, 0.6) is 0 Å². The van der Waals surface area contributed by atoms with Crippen LogP contribution < -0.4 is 5.73 Å². The van der Waals surface area contributed by atoms with Crippen molar-refractivity contribution >= 4 is 5.97 Å². The number of carbonyl (C=O) groups is 1. The Balaban J connectivity index is 1.84. The van der Waals surface area contributed by atoms with Gasteiger partial charge in [-0.3, -0.25) is 4.79 Å². The number of esters is 1. The van der Waals surface area contributed by atoms with E-state index in [1.54, 1.807) is 0 Å². The Hall–Kier alpha value is -0.610. The standard InChI is InChI=1S/C16H30N2O2/c1-18(14-8-4-3-5-9-14)12-10-13-7-6-11-16(13,17)15(19)20-2/h13-14H,3-12,17H2,1-2H3. The van der Waals surface area contributed by atoms with Gasteiger partial charge in [0.15, 0.2) is 0 Å². The largest absolute Gasteiger partial charge is 0.468 e. The third kappa shape index (κ3) is 3.34. The highest BCUT2D eigenvalue weighted by Gasteiger charge is 2.46. The summed E-state index contributed by atoms with van der Waals surface area (Å²) in [6.07, 6.45) is 10.7. The summed E-state index contributed by atoms with van der Waals surface area (Å²) in [5, 5.41) is 0. The average molecular weight is 282 g/mol. The van der Waals surface area contributed by atoms with Gasteiger partial charge in [0.25, 0.3) is 0 Å². The van der Waals surface area contributed by atoms with Crippen LogP contribution in [0.4, 0.5) is 0 Å². The van der Waals surface area contributed by atoms with Crippen molar-refractivity contribution in [1.82, 2.24) is 4.90 Å². The second-order valence-corrected chi connectivity index (χ2v) is 6.68. The molecule has 2 unspecified atom stereocenters. The van der Waals surface area contributed by atoms with Gasteiger partial charge < -0.3 is 15.4 Å². The molecule has 116 valence electrons. The molecule has 0 spiro atoms. The summed E-state index contributed by atoms with van der Waals surface area (Å²) in [7, 11) is 3.67. The Morgan fingerprint density at radius 3 is 2.60 bits per heavy atom. The number of rotatable bonds is 5. The molecule has 2 atom stereocenters. The zero-order valence-electron chi connectivity index (χ0n) is 13.1. The zero-order valence-corrected chi connectivity index (χ0v) is 13.1. The Labute approximate surface area is 123 Å². The summed E-state index contributed by atoms with van der Waals surface area (Å²) >= 11 is 0. The zero-order chi connectivity index (χ0) is 14.6. The maximum absolute atomic E-state index is 11.9. The molecule has 0 saturated heterocycles. The first-order valence-corrected chi connectivity index (χ1v) is 8.15. The molecule has 0 bridgehead atoms. The predicted molar refractivity (Wildman–Crippen MR) is 80.4 cm³/mol. The summed E-state index contributed by atoms with van der Waals surface area (Å²) in [5.74, 6) is 0.0568. The molecule has 0 aromatic carbocycles. The number of nitrogens with two attached hydrogens (primary N) is 1. The molecule has 0 heterocycles. The Kier molecular flexibility index (Phi) is 5.44. The third-order valence-corrected chi connectivity index (χ3v) is 5.47. The van der Waals surface area contributed by atoms with Crippen molar-refractivity contribution in [3.05, 3.63) is 0 Å². The smallest absolute Gasteiger partial charge is 0.326 e. The summed E-state index contributed by atoms with van der Waals surface area (Å²) in [6.45, 7) is 1.05. The highest BCUT2D eigenvalue weighted by atomic mass is 16.5. The van der Waals surface area contributed by atoms with Gasteiger partial charge in [0.1, 0.15) is 5.54 Å². The van der Waals surface area contributed by atoms with Crippen LogP contribution in [0.2, 0.25) is 0 Å². The van der Waals surface area contributed by atoms with E-state index in [0.717, 1.165) is 38.3 Å². The van der Waals surface area contributed by atoms with Crippen LogP contribution in [-0.4, -0.2) is 43.2 Å². The second kappa shape index (κ2) is 6.90. The summed E-state index contributed by atoms with van der Waals surface area (Å²) in [5.41, 5.74) is 5.60. The van der Waals surface area contributed by atoms with Gasteiger partial charge in [-0.25, -0.2) is 0 Å². The molecule has 20 heavy (non-hydrogen) atoms. The maximum Gasteiger partial charge on any atom is 0.326 e. The van der Waals surface area contributed by atoms with E-state index in [9.17, 15) is 4.79 Å². The minimum atomic E-state index is -0.734. The van der Waals surface area contributed by atoms with Gasteiger partial charge in [0.2, 0.25) is 0 Å². The summed E-state index contributed by atoms with van der Waals surface area (Å²) < 4.78 is 4.91. The van der Waals surface area contributed by atoms with Crippen LogP contribution in [0, 0.1) is 5.92 Å². The molecule has 2 rings (SSSR count). The molecule has 2 N–H and O–H groups in total. The number of nitrogens with zero attached hydrogens (tertiary/aromatic N) is 1. The number of carbonyl (C=O) groups excluding carboxylic acids is 1. The normalized spacial score (nSPS) is 31.7. The summed E-state index contributed by atoms with van der Waals surface area (Å²) in [4.78, 5) is 14.4. The molecule has 0 aromatic heterocycles. The summed E-state index contributed by atoms with van der Waals surface area (Å²) in [6, 6.07) is 0.732. The van der Waals surface area contributed by atoms with E-state index in [2.05, 4.69) is 11.9 Å². The van der Waals surface area contributed by atoms with Gasteiger partial charge in [-0.15, -0.1) is 0 Å². The van der Waals surface area contributed by atoms with Crippen molar-refractivity contribution in [2.45, 2.75) is 69.4 Å². The van der Waals surface area contributed by atoms with Crippen LogP contribution in [0.15, 0.2) is 0 Å². The SMILES string of the molecule is COC(=O)C1(N)CCCC1CCN(C)C1CCCCC1. The highest BCUT2D eigenvalue weighted by Crippen LogP contribution is 2.37. The average Bonchev–Trinajstić information content (AvgIpc) is 2.87. The quantitative estimate of drug-likeness (QED) is 0.786. The van der Waals surface area contributed by atoms with Gasteiger partial charge in [-0.05, 0) is 51.6 Å². The van der Waals surface area contributed by atoms with E-state index in [4.69, 9.17) is 10.5 Å². The molecule has 4 heteroatoms. The van der Waals surface area contributed by atoms with Crippen molar-refractivity contribution in [3.8, 4) is 0 Å². The van der Waals surface area contributed by atoms with Gasteiger partial charge in [0.05, 0.1) is 7.11 Å². The first-order valence-electron chi connectivity index (χ1n) is 8.15. The number of methoxy groups -OCH3 is 1. The van der Waals surface area contributed by atoms with E-state index in [-0.39, 0.29) is 11.9 Å². The van der Waals surface area contributed by atoms with E-state index < -0.39 is 5.54 Å². The Morgan fingerprint density at radius 2 is 1.95 bits per heavy atom. The van der Waals surface area contributed by atoms with Gasteiger partial charge in [-0.1, -0.05) is 25.7 Å². The predicted octanol–water partition coefficient (Wildman–Crippen LogP) is 2.31. The lowest BCUT2D eigenvalue weighted by molar-refractivity contribution is -0.148. The first-order chi connectivity index (χ1) is 9.58. The van der Waals surface area contributed by atoms with Crippen LogP contribution >= 0.6 is 0 Å². The van der Waals surface area contributed by atoms with Gasteiger partial charge in [-0.2, -0.15) is 0 Å². The fraction of sp³-hybridized carbons (Fsp3) is 0.938. The minimum Gasteiger partial charge on any atom is -0.468 e. The van der Waals surface area contributed by atoms with Crippen molar-refractivity contribution in [3.63, 3.8) is 0 Å². The second-order valence-electron chi connectivity index (χ2n) is 6.68. The maximum atomic E-state index is 11.9. The molecule has 0 amide bonds. The van der Waals surface area contributed by atoms with Crippen molar-refractivity contribution in [1.29, 1.82) is 0 Å². The first kappa shape index (κ1) is 15.8. The van der Waals surface area contributed by atoms with E-state index in [0.29, 0.717) is 0 Å². The van der Waals surface area contributed by atoms with E-state index in [1.165, 1.54) is 39.2 Å². The van der Waals surface area contributed by atoms with E-state index >= 15 is 0 Å². The number of hydrogen-bond acceptors (Lipinski definition) is 4. The molecule has 2 saturated carbocycles. The molecule has 4 nitrogen and oxygen atoms in total. The lowest BCUT2D eigenvalue weighted by Crippen LogP contribution is -2.52. The molecule has 2 aliphatic rings. The van der Waals surface area contributed by atoms with Crippen LogP contribution in [0.3, 0.4) is 0 Å². The highest BCUT2D eigenvalue weighted by molar-refractivity contribution is 5.81. The molecule has 0 radical (unpaired) electrons. The molecular weight excluding hydrogens is 252 g/mol. The lowest BCUT2D eigenvalue weighted by atomic mass is 9.85. The third-order valence-electron chi connectivity index (χ3n) is 5.47. The minimum absolute atomic E-state index is 0.222. The molecule has 2 fully saturated rings. The topological polar surface area (TPSA) is 55.6 Å². The van der Waals surface area contributed by atoms with Crippen LogP contribution in [0.1, 0.15) is 57.8 Å². The van der Waals surface area contributed by atoms with Crippen molar-refractivity contribution in [2.24, 2.45) is 11.7 Å². The molecular formula is C16H30N2O2. The Bertz CT molecular complexity index is 328. The molecule has 0 aliphatic heterocycles. The van der Waals surface area contributed by atoms with Crippen LogP contribution in [0.25, 0.3) is 0 Å². The molecule has 2 aliphatic carbocycles.